The molecule has 0 fully saturated rings. The fourth-order valence-electron chi connectivity index (χ4n) is 3.37. The van der Waals surface area contributed by atoms with Crippen molar-refractivity contribution in [2.75, 3.05) is 67.5 Å². The van der Waals surface area contributed by atoms with Crippen molar-refractivity contribution in [2.24, 2.45) is 5.41 Å². The third kappa shape index (κ3) is 10.7. The van der Waals surface area contributed by atoms with E-state index in [1.54, 1.807) is 0 Å². The summed E-state index contributed by atoms with van der Waals surface area (Å²) in [5.74, 6) is 0. The molecule has 0 saturated heterocycles. The molecule has 0 aromatic carbocycles. The van der Waals surface area contributed by atoms with Crippen molar-refractivity contribution in [3.05, 3.63) is 0 Å². The van der Waals surface area contributed by atoms with Gasteiger partial charge in [0.25, 0.3) is 0 Å². The molecule has 0 N–H and O–H groups in total. The minimum Gasteiger partial charge on any atom is -0.420 e. The molecule has 0 aliphatic carbocycles. The first-order valence-electron chi connectivity index (χ1n) is 10.2. The Morgan fingerprint density at radius 3 is 1.28 bits per heavy atom. The van der Waals surface area contributed by atoms with E-state index in [1.807, 2.05) is 7.11 Å². The highest BCUT2D eigenvalue weighted by molar-refractivity contribution is 6.71. The first-order chi connectivity index (χ1) is 11.6. The molecular weight excluding hydrogens is 326 g/mol. The molecule has 4 nitrogen and oxygen atoms in total. The van der Waals surface area contributed by atoms with Gasteiger partial charge in [-0.1, -0.05) is 20.8 Å². The van der Waals surface area contributed by atoms with Gasteiger partial charge >= 0.3 is 0 Å². The predicted octanol–water partition coefficient (Wildman–Crippen LogP) is 3.85. The summed E-state index contributed by atoms with van der Waals surface area (Å²) < 4.78 is 5.99. The summed E-state index contributed by atoms with van der Waals surface area (Å²) in [6.07, 6.45) is 3.85. The van der Waals surface area contributed by atoms with E-state index in [-0.39, 0.29) is 0 Å². The van der Waals surface area contributed by atoms with Crippen LogP contribution in [0.2, 0.25) is 19.1 Å². The minimum atomic E-state index is -1.61. The fourth-order valence-corrected chi connectivity index (χ4v) is 5.85. The highest BCUT2D eigenvalue weighted by Gasteiger charge is 2.38. The Balaban J connectivity index is 5.33. The Kier molecular flexibility index (Phi) is 12.5. The van der Waals surface area contributed by atoms with Crippen molar-refractivity contribution in [1.82, 2.24) is 14.7 Å². The minimum absolute atomic E-state index is 0.391. The van der Waals surface area contributed by atoms with Gasteiger partial charge in [0.05, 0.1) is 0 Å². The van der Waals surface area contributed by atoms with Crippen LogP contribution < -0.4 is 0 Å². The second kappa shape index (κ2) is 12.4. The average molecular weight is 374 g/mol. The van der Waals surface area contributed by atoms with Crippen molar-refractivity contribution in [1.29, 1.82) is 0 Å². The van der Waals surface area contributed by atoms with Gasteiger partial charge in [0.1, 0.15) is 0 Å². The van der Waals surface area contributed by atoms with Crippen LogP contribution in [-0.4, -0.2) is 90.5 Å². The highest BCUT2D eigenvalue weighted by Crippen LogP contribution is 2.40. The Morgan fingerprint density at radius 2 is 1.04 bits per heavy atom. The molecule has 0 aliphatic heterocycles. The quantitative estimate of drug-likeness (QED) is 0.406. The van der Waals surface area contributed by atoms with E-state index in [9.17, 15) is 0 Å². The summed E-state index contributed by atoms with van der Waals surface area (Å²) in [5, 5.41) is 0. The summed E-state index contributed by atoms with van der Waals surface area (Å²) in [7, 11) is 7.06. The monoisotopic (exact) mass is 373 g/mol. The second-order valence-corrected chi connectivity index (χ2v) is 12.9. The molecule has 0 aliphatic rings. The van der Waals surface area contributed by atoms with E-state index >= 15 is 0 Å². The third-order valence-corrected chi connectivity index (χ3v) is 8.75. The zero-order valence-electron chi connectivity index (χ0n) is 18.8. The van der Waals surface area contributed by atoms with Crippen LogP contribution in [0.25, 0.3) is 0 Å². The molecule has 0 aromatic rings. The van der Waals surface area contributed by atoms with E-state index in [1.165, 1.54) is 44.9 Å². The fraction of sp³-hybridized carbons (Fsp3) is 1.00. The van der Waals surface area contributed by atoms with Gasteiger partial charge in [0.15, 0.2) is 8.32 Å². The number of hydrogen-bond acceptors (Lipinski definition) is 4. The summed E-state index contributed by atoms with van der Waals surface area (Å²) in [6.45, 7) is 18.5. The van der Waals surface area contributed by atoms with Crippen LogP contribution in [0.15, 0.2) is 0 Å². The maximum atomic E-state index is 5.99. The lowest BCUT2D eigenvalue weighted by atomic mass is 9.79. The molecule has 0 atom stereocenters. The van der Waals surface area contributed by atoms with Crippen molar-refractivity contribution >= 4 is 8.32 Å². The van der Waals surface area contributed by atoms with E-state index in [4.69, 9.17) is 4.43 Å². The van der Waals surface area contributed by atoms with Crippen LogP contribution >= 0.6 is 0 Å². The summed E-state index contributed by atoms with van der Waals surface area (Å²) in [5.41, 5.74) is 0.391. The summed E-state index contributed by atoms with van der Waals surface area (Å²) >= 11 is 0. The van der Waals surface area contributed by atoms with E-state index in [2.05, 4.69) is 69.7 Å². The normalized spacial score (nSPS) is 13.4. The standard InChI is InChI=1S/C20H47N3OSi/c1-10-21(4)16-13-20(14-17-22(5)11-2,15-18-23(6)12-3)19-25(8,9)24-7/h10-19H2,1-9H3. The zero-order valence-corrected chi connectivity index (χ0v) is 19.8. The molecular formula is C20H47N3OSi. The Labute approximate surface area is 160 Å². The van der Waals surface area contributed by atoms with Crippen LogP contribution in [0, 0.1) is 5.41 Å². The SMILES string of the molecule is CCN(C)CCC(CCN(C)CC)(CCN(C)CC)C[Si](C)(C)OC. The first kappa shape index (κ1) is 25.1. The maximum Gasteiger partial charge on any atom is 0.186 e. The largest absolute Gasteiger partial charge is 0.420 e. The molecule has 0 amide bonds. The molecule has 0 saturated carbocycles. The second-order valence-electron chi connectivity index (χ2n) is 8.58. The van der Waals surface area contributed by atoms with Gasteiger partial charge < -0.3 is 19.1 Å². The maximum absolute atomic E-state index is 5.99. The van der Waals surface area contributed by atoms with Crippen LogP contribution in [0.4, 0.5) is 0 Å². The van der Waals surface area contributed by atoms with Crippen molar-refractivity contribution in [3.63, 3.8) is 0 Å². The molecule has 0 heterocycles. The van der Waals surface area contributed by atoms with Gasteiger partial charge in [-0.3, -0.25) is 0 Å². The van der Waals surface area contributed by atoms with Gasteiger partial charge in [-0.2, -0.15) is 0 Å². The van der Waals surface area contributed by atoms with Gasteiger partial charge in [-0.25, -0.2) is 0 Å². The van der Waals surface area contributed by atoms with E-state index in [0.717, 1.165) is 19.6 Å². The van der Waals surface area contributed by atoms with Gasteiger partial charge in [0.2, 0.25) is 0 Å². The highest BCUT2D eigenvalue weighted by atomic mass is 28.4. The van der Waals surface area contributed by atoms with Crippen LogP contribution in [0.3, 0.4) is 0 Å². The van der Waals surface area contributed by atoms with E-state index < -0.39 is 8.32 Å². The smallest absolute Gasteiger partial charge is 0.186 e. The molecule has 5 heteroatoms. The first-order valence-corrected chi connectivity index (χ1v) is 13.4. The topological polar surface area (TPSA) is 19.0 Å². The lowest BCUT2D eigenvalue weighted by Gasteiger charge is -2.41. The van der Waals surface area contributed by atoms with Crippen molar-refractivity contribution in [2.45, 2.75) is 59.2 Å². The molecule has 0 unspecified atom stereocenters. The van der Waals surface area contributed by atoms with Crippen LogP contribution in [-0.2, 0) is 4.43 Å². The number of hydrogen-bond donors (Lipinski definition) is 0. The molecule has 0 bridgehead atoms. The third-order valence-electron chi connectivity index (χ3n) is 6.04. The molecule has 0 aromatic heterocycles. The van der Waals surface area contributed by atoms with E-state index in [0.29, 0.717) is 5.41 Å². The van der Waals surface area contributed by atoms with Gasteiger partial charge in [-0.15, -0.1) is 0 Å². The molecule has 0 rings (SSSR count). The summed E-state index contributed by atoms with van der Waals surface area (Å²) in [6, 6.07) is 1.27. The number of rotatable bonds is 15. The lowest BCUT2D eigenvalue weighted by molar-refractivity contribution is 0.154. The zero-order chi connectivity index (χ0) is 19.5. The Morgan fingerprint density at radius 1 is 0.720 bits per heavy atom. The Hall–Kier alpha value is 0.0569. The molecule has 0 radical (unpaired) electrons. The van der Waals surface area contributed by atoms with Crippen LogP contribution in [0.1, 0.15) is 40.0 Å². The summed E-state index contributed by atoms with van der Waals surface area (Å²) in [4.78, 5) is 7.38. The van der Waals surface area contributed by atoms with Gasteiger partial charge in [-0.05, 0) is 104 Å². The molecule has 25 heavy (non-hydrogen) atoms. The van der Waals surface area contributed by atoms with Gasteiger partial charge in [0, 0.05) is 7.11 Å². The van der Waals surface area contributed by atoms with Crippen molar-refractivity contribution < 1.29 is 4.43 Å². The molecule has 152 valence electrons. The lowest BCUT2D eigenvalue weighted by Crippen LogP contribution is -2.42. The number of nitrogens with zero attached hydrogens (tertiary/aromatic N) is 3. The average Bonchev–Trinajstić information content (AvgIpc) is 2.61. The molecule has 0 spiro atoms. The van der Waals surface area contributed by atoms with Crippen LogP contribution in [0.5, 0.6) is 0 Å². The Bertz CT molecular complexity index is 303. The predicted molar refractivity (Wildman–Crippen MR) is 115 cm³/mol. The van der Waals surface area contributed by atoms with Crippen molar-refractivity contribution in [3.8, 4) is 0 Å².